The molecule has 0 amide bonds. The average molecular weight is 215 g/mol. The van der Waals surface area contributed by atoms with E-state index in [9.17, 15) is 9.59 Å². The van der Waals surface area contributed by atoms with Gasteiger partial charge in [-0.2, -0.15) is 0 Å². The Morgan fingerprint density at radius 3 is 2.67 bits per heavy atom. The van der Waals surface area contributed by atoms with Crippen LogP contribution in [0.4, 0.5) is 0 Å². The van der Waals surface area contributed by atoms with Crippen LogP contribution in [0.5, 0.6) is 0 Å². The fourth-order valence-electron chi connectivity index (χ4n) is 1.63. The van der Waals surface area contributed by atoms with Gasteiger partial charge in [0.15, 0.2) is 0 Å². The molecule has 1 fully saturated rings. The van der Waals surface area contributed by atoms with Crippen LogP contribution in [-0.4, -0.2) is 36.7 Å². The van der Waals surface area contributed by atoms with Gasteiger partial charge in [-0.05, 0) is 12.8 Å². The molecule has 1 aliphatic rings. The molecule has 5 nitrogen and oxygen atoms in total. The number of rotatable bonds is 4. The maximum Gasteiger partial charge on any atom is 0.310 e. The molecule has 5 heteroatoms. The number of carbonyl (C=O) groups is 2. The third-order valence-corrected chi connectivity index (χ3v) is 2.48. The minimum atomic E-state index is -0.851. The first-order valence-corrected chi connectivity index (χ1v) is 5.25. The van der Waals surface area contributed by atoms with Gasteiger partial charge >= 0.3 is 11.9 Å². The van der Waals surface area contributed by atoms with Gasteiger partial charge in [0, 0.05) is 13.1 Å². The fraction of sp³-hybridized carbons (Fsp3) is 0.800. The van der Waals surface area contributed by atoms with E-state index >= 15 is 0 Å². The molecule has 0 saturated carbocycles. The van der Waals surface area contributed by atoms with Crippen molar-refractivity contribution in [3.63, 3.8) is 0 Å². The summed E-state index contributed by atoms with van der Waals surface area (Å²) >= 11 is 0. The quantitative estimate of drug-likeness (QED) is 0.657. The van der Waals surface area contributed by atoms with Gasteiger partial charge in [-0.3, -0.25) is 9.59 Å². The average Bonchev–Trinajstić information content (AvgIpc) is 2.26. The molecule has 1 rings (SSSR count). The standard InChI is InChI=1S/C10H17NO4/c1-2-3-15-10(14)8-4-7(9(12)13)5-11-6-8/h7-8,11H,2-6H2,1H3,(H,12,13). The van der Waals surface area contributed by atoms with Crippen LogP contribution < -0.4 is 5.32 Å². The molecule has 1 heterocycles. The highest BCUT2D eigenvalue weighted by Crippen LogP contribution is 2.17. The van der Waals surface area contributed by atoms with Gasteiger partial charge in [-0.25, -0.2) is 0 Å². The lowest BCUT2D eigenvalue weighted by molar-refractivity contribution is -0.151. The lowest BCUT2D eigenvalue weighted by atomic mass is 9.91. The van der Waals surface area contributed by atoms with Crippen molar-refractivity contribution in [2.24, 2.45) is 11.8 Å². The summed E-state index contributed by atoms with van der Waals surface area (Å²) in [5.41, 5.74) is 0. The van der Waals surface area contributed by atoms with Crippen LogP contribution in [0.15, 0.2) is 0 Å². The smallest absolute Gasteiger partial charge is 0.310 e. The van der Waals surface area contributed by atoms with Crippen molar-refractivity contribution >= 4 is 11.9 Å². The second-order valence-electron chi connectivity index (χ2n) is 3.79. The van der Waals surface area contributed by atoms with Crippen LogP contribution in [0.3, 0.4) is 0 Å². The SMILES string of the molecule is CCCOC(=O)C1CNCC(C(=O)O)C1. The Morgan fingerprint density at radius 1 is 1.40 bits per heavy atom. The summed E-state index contributed by atoms with van der Waals surface area (Å²) in [4.78, 5) is 22.2. The van der Waals surface area contributed by atoms with E-state index in [-0.39, 0.29) is 11.9 Å². The lowest BCUT2D eigenvalue weighted by Crippen LogP contribution is -2.43. The van der Waals surface area contributed by atoms with Gasteiger partial charge in [0.1, 0.15) is 0 Å². The Bertz CT molecular complexity index is 242. The van der Waals surface area contributed by atoms with Gasteiger partial charge < -0.3 is 15.2 Å². The molecule has 2 atom stereocenters. The molecule has 2 unspecified atom stereocenters. The first-order chi connectivity index (χ1) is 7.15. The maximum absolute atomic E-state index is 11.5. The van der Waals surface area contributed by atoms with Crippen LogP contribution in [-0.2, 0) is 14.3 Å². The summed E-state index contributed by atoms with van der Waals surface area (Å²) in [6.07, 6.45) is 1.17. The Morgan fingerprint density at radius 2 is 2.07 bits per heavy atom. The van der Waals surface area contributed by atoms with E-state index in [1.165, 1.54) is 0 Å². The number of ether oxygens (including phenoxy) is 1. The number of carboxylic acids is 1. The minimum absolute atomic E-state index is 0.282. The molecule has 86 valence electrons. The van der Waals surface area contributed by atoms with Crippen LogP contribution in [0.25, 0.3) is 0 Å². The third-order valence-electron chi connectivity index (χ3n) is 2.48. The molecule has 1 aliphatic heterocycles. The molecular weight excluding hydrogens is 198 g/mol. The number of piperidine rings is 1. The molecular formula is C10H17NO4. The predicted octanol–water partition coefficient (Wildman–Crippen LogP) is 0.250. The highest BCUT2D eigenvalue weighted by Gasteiger charge is 2.31. The van der Waals surface area contributed by atoms with Crippen molar-refractivity contribution in [3.05, 3.63) is 0 Å². The topological polar surface area (TPSA) is 75.6 Å². The normalized spacial score (nSPS) is 25.9. The van der Waals surface area contributed by atoms with Crippen molar-refractivity contribution in [2.75, 3.05) is 19.7 Å². The van der Waals surface area contributed by atoms with Gasteiger partial charge in [0.25, 0.3) is 0 Å². The number of nitrogens with one attached hydrogen (secondary N) is 1. The zero-order valence-electron chi connectivity index (χ0n) is 8.86. The van der Waals surface area contributed by atoms with E-state index in [2.05, 4.69) is 5.32 Å². The zero-order chi connectivity index (χ0) is 11.3. The second kappa shape index (κ2) is 5.70. The molecule has 1 saturated heterocycles. The number of carboxylic acid groups (broad SMARTS) is 1. The Hall–Kier alpha value is -1.10. The minimum Gasteiger partial charge on any atom is -0.481 e. The maximum atomic E-state index is 11.5. The van der Waals surface area contributed by atoms with Crippen molar-refractivity contribution in [2.45, 2.75) is 19.8 Å². The first kappa shape index (κ1) is 12.0. The second-order valence-corrected chi connectivity index (χ2v) is 3.79. The van der Waals surface area contributed by atoms with E-state index in [0.29, 0.717) is 26.1 Å². The van der Waals surface area contributed by atoms with E-state index in [4.69, 9.17) is 9.84 Å². The van der Waals surface area contributed by atoms with Crippen molar-refractivity contribution in [3.8, 4) is 0 Å². The number of hydrogen-bond donors (Lipinski definition) is 2. The van der Waals surface area contributed by atoms with Crippen molar-refractivity contribution < 1.29 is 19.4 Å². The molecule has 0 bridgehead atoms. The summed E-state index contributed by atoms with van der Waals surface area (Å²) < 4.78 is 4.99. The highest BCUT2D eigenvalue weighted by molar-refractivity contribution is 5.76. The van der Waals surface area contributed by atoms with Crippen LogP contribution in [0.1, 0.15) is 19.8 Å². The van der Waals surface area contributed by atoms with E-state index in [0.717, 1.165) is 6.42 Å². The number of carbonyl (C=O) groups excluding carboxylic acids is 1. The molecule has 2 N–H and O–H groups in total. The highest BCUT2D eigenvalue weighted by atomic mass is 16.5. The van der Waals surface area contributed by atoms with E-state index in [1.807, 2.05) is 6.92 Å². The third kappa shape index (κ3) is 3.51. The molecule has 0 aromatic rings. The van der Waals surface area contributed by atoms with Gasteiger partial charge in [0.2, 0.25) is 0 Å². The Labute approximate surface area is 88.8 Å². The number of hydrogen-bond acceptors (Lipinski definition) is 4. The van der Waals surface area contributed by atoms with Crippen molar-refractivity contribution in [1.29, 1.82) is 0 Å². The summed E-state index contributed by atoms with van der Waals surface area (Å²) in [7, 11) is 0. The van der Waals surface area contributed by atoms with Crippen LogP contribution in [0, 0.1) is 11.8 Å². The predicted molar refractivity (Wildman–Crippen MR) is 53.4 cm³/mol. The molecule has 15 heavy (non-hydrogen) atoms. The first-order valence-electron chi connectivity index (χ1n) is 5.25. The Kier molecular flexibility index (Phi) is 4.55. The molecule has 0 spiro atoms. The summed E-state index contributed by atoms with van der Waals surface area (Å²) in [5.74, 6) is -1.92. The van der Waals surface area contributed by atoms with Crippen LogP contribution in [0.2, 0.25) is 0 Å². The molecule has 0 aromatic heterocycles. The number of esters is 1. The molecule has 0 aliphatic carbocycles. The summed E-state index contributed by atoms with van der Waals surface area (Å²) in [6, 6.07) is 0. The van der Waals surface area contributed by atoms with Gasteiger partial charge in [0.05, 0.1) is 18.4 Å². The fourth-order valence-corrected chi connectivity index (χ4v) is 1.63. The zero-order valence-corrected chi connectivity index (χ0v) is 8.86. The van der Waals surface area contributed by atoms with E-state index in [1.54, 1.807) is 0 Å². The monoisotopic (exact) mass is 215 g/mol. The van der Waals surface area contributed by atoms with E-state index < -0.39 is 11.9 Å². The molecule has 0 aromatic carbocycles. The summed E-state index contributed by atoms with van der Waals surface area (Å²) in [5, 5.41) is 11.8. The van der Waals surface area contributed by atoms with Gasteiger partial charge in [-0.1, -0.05) is 6.92 Å². The summed E-state index contributed by atoms with van der Waals surface area (Å²) in [6.45, 7) is 3.29. The van der Waals surface area contributed by atoms with Gasteiger partial charge in [-0.15, -0.1) is 0 Å². The van der Waals surface area contributed by atoms with Crippen LogP contribution >= 0.6 is 0 Å². The van der Waals surface area contributed by atoms with Crippen molar-refractivity contribution in [1.82, 2.24) is 5.32 Å². The largest absolute Gasteiger partial charge is 0.481 e. The number of aliphatic carboxylic acids is 1. The molecule has 0 radical (unpaired) electrons. The lowest BCUT2D eigenvalue weighted by Gasteiger charge is -2.25. The Balaban J connectivity index is 2.41.